The highest BCUT2D eigenvalue weighted by molar-refractivity contribution is 9.10. The van der Waals surface area contributed by atoms with Crippen LogP contribution in [-0.4, -0.2) is 13.6 Å². The molecule has 1 atom stereocenters. The summed E-state index contributed by atoms with van der Waals surface area (Å²) in [7, 11) is 2.08. The van der Waals surface area contributed by atoms with E-state index < -0.39 is 0 Å². The zero-order valence-corrected chi connectivity index (χ0v) is 14.9. The van der Waals surface area contributed by atoms with Crippen molar-refractivity contribution in [2.24, 2.45) is 5.73 Å². The van der Waals surface area contributed by atoms with Gasteiger partial charge in [-0.2, -0.15) is 0 Å². The van der Waals surface area contributed by atoms with Crippen LogP contribution in [0.1, 0.15) is 22.0 Å². The Morgan fingerprint density at radius 3 is 2.30 bits per heavy atom. The van der Waals surface area contributed by atoms with Gasteiger partial charge in [0.05, 0.1) is 6.04 Å². The Bertz CT molecular complexity index is 572. The Labute approximate surface area is 137 Å². The van der Waals surface area contributed by atoms with Gasteiger partial charge in [-0.15, -0.1) is 11.3 Å². The fourth-order valence-electron chi connectivity index (χ4n) is 2.33. The van der Waals surface area contributed by atoms with Crippen LogP contribution in [0.3, 0.4) is 0 Å². The first-order valence-electron chi connectivity index (χ1n) is 6.38. The summed E-state index contributed by atoms with van der Waals surface area (Å²) in [6.45, 7) is 4.77. The molecule has 1 unspecified atom stereocenters. The smallest absolute Gasteiger partial charge is 0.107 e. The van der Waals surface area contributed by atoms with Gasteiger partial charge in [0.25, 0.3) is 0 Å². The first-order valence-corrected chi connectivity index (χ1v) is 8.37. The van der Waals surface area contributed by atoms with E-state index in [9.17, 15) is 0 Å². The Morgan fingerprint density at radius 2 is 1.85 bits per heavy atom. The number of thiophene rings is 1. The Kier molecular flexibility index (Phi) is 5.13. The molecule has 0 spiro atoms. The third-order valence-electron chi connectivity index (χ3n) is 3.30. The first-order chi connectivity index (χ1) is 9.42. The molecule has 2 aromatic rings. The summed E-state index contributed by atoms with van der Waals surface area (Å²) in [6, 6.07) is 8.72. The van der Waals surface area contributed by atoms with Crippen molar-refractivity contribution in [2.45, 2.75) is 19.9 Å². The Hall–Kier alpha value is -0.550. The van der Waals surface area contributed by atoms with Crippen LogP contribution in [-0.2, 0) is 0 Å². The van der Waals surface area contributed by atoms with E-state index in [0.717, 1.165) is 8.81 Å². The summed E-state index contributed by atoms with van der Waals surface area (Å²) in [5.41, 5.74) is 9.68. The third-order valence-corrected chi connectivity index (χ3v) is 5.87. The van der Waals surface area contributed by atoms with Crippen molar-refractivity contribution in [3.05, 3.63) is 49.1 Å². The second-order valence-electron chi connectivity index (χ2n) is 4.98. The molecule has 1 aromatic carbocycles. The maximum absolute atomic E-state index is 6.14. The number of anilines is 1. The minimum Gasteiger partial charge on any atom is -0.365 e. The summed E-state index contributed by atoms with van der Waals surface area (Å²) in [5, 5.41) is 0. The maximum Gasteiger partial charge on any atom is 0.107 e. The lowest BCUT2D eigenvalue weighted by atomic mass is 10.1. The lowest BCUT2D eigenvalue weighted by Crippen LogP contribution is -2.29. The van der Waals surface area contributed by atoms with Crippen molar-refractivity contribution in [1.82, 2.24) is 0 Å². The summed E-state index contributed by atoms with van der Waals surface area (Å²) >= 11 is 11.2. The summed E-state index contributed by atoms with van der Waals surface area (Å²) in [4.78, 5) is 3.39. The predicted molar refractivity (Wildman–Crippen MR) is 93.1 cm³/mol. The molecule has 0 aliphatic rings. The zero-order valence-electron chi connectivity index (χ0n) is 11.8. The highest BCUT2D eigenvalue weighted by atomic mass is 79.9. The minimum absolute atomic E-state index is 0.130. The maximum atomic E-state index is 6.14. The molecule has 0 saturated carbocycles. The van der Waals surface area contributed by atoms with Gasteiger partial charge in [-0.05, 0) is 59.1 Å². The topological polar surface area (TPSA) is 29.3 Å². The van der Waals surface area contributed by atoms with Crippen molar-refractivity contribution in [1.29, 1.82) is 0 Å². The number of nitrogens with two attached hydrogens (primary N) is 1. The van der Waals surface area contributed by atoms with Crippen molar-refractivity contribution < 1.29 is 0 Å². The molecule has 1 aromatic heterocycles. The van der Waals surface area contributed by atoms with Gasteiger partial charge in [0.1, 0.15) is 4.34 Å². The van der Waals surface area contributed by atoms with Gasteiger partial charge in [0.15, 0.2) is 0 Å². The van der Waals surface area contributed by atoms with Crippen LogP contribution in [0.2, 0.25) is 4.34 Å². The van der Waals surface area contributed by atoms with Crippen LogP contribution < -0.4 is 10.6 Å². The van der Waals surface area contributed by atoms with E-state index in [1.165, 1.54) is 21.7 Å². The highest BCUT2D eigenvalue weighted by Gasteiger charge is 2.20. The predicted octanol–water partition coefficient (Wildman–Crippen LogP) is 4.92. The number of nitrogens with zero attached hydrogens (tertiary/aromatic N) is 1. The summed E-state index contributed by atoms with van der Waals surface area (Å²) < 4.78 is 1.71. The number of halogens is 2. The monoisotopic (exact) mass is 372 g/mol. The average Bonchev–Trinajstić information content (AvgIpc) is 2.69. The average molecular weight is 374 g/mol. The molecular weight excluding hydrogens is 356 g/mol. The van der Waals surface area contributed by atoms with E-state index >= 15 is 0 Å². The molecule has 108 valence electrons. The van der Waals surface area contributed by atoms with Crippen LogP contribution in [0, 0.1) is 13.8 Å². The summed E-state index contributed by atoms with van der Waals surface area (Å²) in [5.74, 6) is 0. The van der Waals surface area contributed by atoms with Crippen molar-refractivity contribution in [3.63, 3.8) is 0 Å². The number of hydrogen-bond donors (Lipinski definition) is 1. The summed E-state index contributed by atoms with van der Waals surface area (Å²) in [6.07, 6.45) is 0. The quantitative estimate of drug-likeness (QED) is 0.824. The van der Waals surface area contributed by atoms with E-state index in [1.807, 2.05) is 0 Å². The third kappa shape index (κ3) is 3.37. The van der Waals surface area contributed by atoms with Crippen LogP contribution in [0.25, 0.3) is 0 Å². The fourth-order valence-corrected chi connectivity index (χ4v) is 4.22. The van der Waals surface area contributed by atoms with Crippen LogP contribution in [0.15, 0.2) is 28.7 Å². The van der Waals surface area contributed by atoms with E-state index in [2.05, 4.69) is 66.0 Å². The number of hydrogen-bond acceptors (Lipinski definition) is 3. The number of aryl methyl sites for hydroxylation is 2. The molecule has 0 radical (unpaired) electrons. The standard InChI is InChI=1S/C15H18BrClN2S/c1-9-4-10(2)6-11(5-9)19(3)13(8-18)14-7-12(16)15(17)20-14/h4-7,13H,8,18H2,1-3H3. The van der Waals surface area contributed by atoms with Gasteiger partial charge in [0, 0.05) is 28.6 Å². The van der Waals surface area contributed by atoms with Gasteiger partial charge in [-0.25, -0.2) is 0 Å². The van der Waals surface area contributed by atoms with Crippen LogP contribution in [0.4, 0.5) is 5.69 Å². The molecule has 0 aliphatic carbocycles. The molecular formula is C15H18BrClN2S. The molecule has 0 fully saturated rings. The molecule has 0 saturated heterocycles. The minimum atomic E-state index is 0.130. The second-order valence-corrected chi connectivity index (χ2v) is 7.52. The number of rotatable bonds is 4. The fraction of sp³-hybridized carbons (Fsp3) is 0.333. The van der Waals surface area contributed by atoms with Gasteiger partial charge in [-0.1, -0.05) is 17.7 Å². The molecule has 0 aliphatic heterocycles. The lowest BCUT2D eigenvalue weighted by Gasteiger charge is -2.29. The molecule has 2 N–H and O–H groups in total. The van der Waals surface area contributed by atoms with E-state index in [4.69, 9.17) is 17.3 Å². The molecule has 1 heterocycles. The van der Waals surface area contributed by atoms with E-state index in [-0.39, 0.29) is 6.04 Å². The first kappa shape index (κ1) is 15.8. The van der Waals surface area contributed by atoms with Crippen LogP contribution >= 0.6 is 38.9 Å². The Morgan fingerprint density at radius 1 is 1.25 bits per heavy atom. The van der Waals surface area contributed by atoms with Gasteiger partial charge in [0.2, 0.25) is 0 Å². The zero-order chi connectivity index (χ0) is 14.9. The van der Waals surface area contributed by atoms with Gasteiger partial charge < -0.3 is 10.6 Å². The van der Waals surface area contributed by atoms with Crippen LogP contribution in [0.5, 0.6) is 0 Å². The van der Waals surface area contributed by atoms with Crippen molar-refractivity contribution in [3.8, 4) is 0 Å². The van der Waals surface area contributed by atoms with Gasteiger partial charge >= 0.3 is 0 Å². The van der Waals surface area contributed by atoms with E-state index in [1.54, 1.807) is 11.3 Å². The highest BCUT2D eigenvalue weighted by Crippen LogP contribution is 2.37. The molecule has 0 bridgehead atoms. The van der Waals surface area contributed by atoms with Crippen molar-refractivity contribution in [2.75, 3.05) is 18.5 Å². The largest absolute Gasteiger partial charge is 0.365 e. The van der Waals surface area contributed by atoms with Crippen molar-refractivity contribution >= 4 is 44.6 Å². The number of benzene rings is 1. The second kappa shape index (κ2) is 6.48. The SMILES string of the molecule is Cc1cc(C)cc(N(C)C(CN)c2cc(Br)c(Cl)s2)c1. The molecule has 20 heavy (non-hydrogen) atoms. The molecule has 0 amide bonds. The normalized spacial score (nSPS) is 12.5. The lowest BCUT2D eigenvalue weighted by molar-refractivity contribution is 0.692. The molecule has 2 rings (SSSR count). The molecule has 2 nitrogen and oxygen atoms in total. The van der Waals surface area contributed by atoms with Gasteiger partial charge in [-0.3, -0.25) is 0 Å². The molecule has 5 heteroatoms. The number of likely N-dealkylation sites (N-methyl/N-ethyl adjacent to an activating group) is 1. The Balaban J connectivity index is 2.35. The van der Waals surface area contributed by atoms with E-state index in [0.29, 0.717) is 6.54 Å².